The highest BCUT2D eigenvalue weighted by Crippen LogP contribution is 2.19. The molecule has 0 N–H and O–H groups in total. The molecule has 1 aromatic heterocycles. The highest BCUT2D eigenvalue weighted by atomic mass is 28.3. The van der Waals surface area contributed by atoms with Crippen LogP contribution >= 0.6 is 0 Å². The van der Waals surface area contributed by atoms with E-state index >= 15 is 0 Å². The summed E-state index contributed by atoms with van der Waals surface area (Å²) in [6.45, 7) is 6.64. The van der Waals surface area contributed by atoms with Gasteiger partial charge in [0.1, 0.15) is 0 Å². The summed E-state index contributed by atoms with van der Waals surface area (Å²) in [7, 11) is -0.256. The lowest BCUT2D eigenvalue weighted by Crippen LogP contribution is -2.07. The highest BCUT2D eigenvalue weighted by molar-refractivity contribution is 6.55. The van der Waals surface area contributed by atoms with Gasteiger partial charge >= 0.3 is 0 Å². The van der Waals surface area contributed by atoms with Crippen LogP contribution < -0.4 is 0 Å². The number of rotatable bonds is 3. The molecule has 0 amide bonds. The Morgan fingerprint density at radius 1 is 1.46 bits per heavy atom. The molecule has 0 aliphatic carbocycles. The predicted octanol–water partition coefficient (Wildman–Crippen LogP) is 3.08. The zero-order valence-electron chi connectivity index (χ0n) is 8.34. The number of halogens is 1. The van der Waals surface area contributed by atoms with Gasteiger partial charge < -0.3 is 0 Å². The minimum absolute atomic E-state index is 0.256. The molecular formula is C10H15FNSi. The SMILES string of the molecule is CC(C[Si](C)C)c1cccc(F)n1. The molecule has 1 unspecified atom stereocenters. The van der Waals surface area contributed by atoms with Crippen LogP contribution in [-0.4, -0.2) is 13.8 Å². The Hall–Kier alpha value is -0.703. The standard InChI is InChI=1S/C10H15FNSi/c1-8(7-13(2)3)9-5-4-6-10(11)12-9/h4-6,8H,7H2,1-3H3. The van der Waals surface area contributed by atoms with Gasteiger partial charge in [0.25, 0.3) is 0 Å². The van der Waals surface area contributed by atoms with E-state index in [1.54, 1.807) is 6.07 Å². The van der Waals surface area contributed by atoms with Crippen molar-refractivity contribution < 1.29 is 4.39 Å². The third kappa shape index (κ3) is 3.26. The summed E-state index contributed by atoms with van der Waals surface area (Å²) in [5.41, 5.74) is 0.881. The smallest absolute Gasteiger partial charge is 0.213 e. The van der Waals surface area contributed by atoms with Crippen molar-refractivity contribution in [3.8, 4) is 0 Å². The van der Waals surface area contributed by atoms with Gasteiger partial charge in [-0.1, -0.05) is 32.1 Å². The largest absolute Gasteiger partial charge is 0.225 e. The van der Waals surface area contributed by atoms with Crippen molar-refractivity contribution >= 4 is 8.80 Å². The fourth-order valence-corrected chi connectivity index (χ4v) is 2.85. The molecule has 0 aliphatic heterocycles. The quantitative estimate of drug-likeness (QED) is 0.535. The molecule has 0 spiro atoms. The van der Waals surface area contributed by atoms with Crippen LogP contribution in [-0.2, 0) is 0 Å². The van der Waals surface area contributed by atoms with Gasteiger partial charge in [-0.15, -0.1) is 0 Å². The number of hydrogen-bond donors (Lipinski definition) is 0. The third-order valence-electron chi connectivity index (χ3n) is 1.96. The highest BCUT2D eigenvalue weighted by Gasteiger charge is 2.10. The lowest BCUT2D eigenvalue weighted by atomic mass is 10.1. The number of hydrogen-bond acceptors (Lipinski definition) is 1. The van der Waals surface area contributed by atoms with Crippen LogP contribution in [0.1, 0.15) is 18.5 Å². The number of aromatic nitrogens is 1. The number of nitrogens with zero attached hydrogens (tertiary/aromatic N) is 1. The monoisotopic (exact) mass is 196 g/mol. The first kappa shape index (κ1) is 10.4. The van der Waals surface area contributed by atoms with Crippen LogP contribution in [0.4, 0.5) is 4.39 Å². The Kier molecular flexibility index (Phi) is 3.60. The maximum atomic E-state index is 12.8. The van der Waals surface area contributed by atoms with Crippen molar-refractivity contribution in [1.82, 2.24) is 4.98 Å². The van der Waals surface area contributed by atoms with Crippen molar-refractivity contribution in [3.63, 3.8) is 0 Å². The van der Waals surface area contributed by atoms with Crippen LogP contribution in [0.5, 0.6) is 0 Å². The van der Waals surface area contributed by atoms with Gasteiger partial charge in [-0.2, -0.15) is 4.39 Å². The molecule has 1 aromatic rings. The average molecular weight is 196 g/mol. The summed E-state index contributed by atoms with van der Waals surface area (Å²) >= 11 is 0. The van der Waals surface area contributed by atoms with E-state index < -0.39 is 0 Å². The van der Waals surface area contributed by atoms with E-state index in [1.807, 2.05) is 6.07 Å². The van der Waals surface area contributed by atoms with Crippen molar-refractivity contribution in [3.05, 3.63) is 29.8 Å². The van der Waals surface area contributed by atoms with Gasteiger partial charge in [-0.25, -0.2) is 4.98 Å². The molecule has 13 heavy (non-hydrogen) atoms. The zero-order valence-corrected chi connectivity index (χ0v) is 9.34. The number of pyridine rings is 1. The molecule has 0 bridgehead atoms. The summed E-state index contributed by atoms with van der Waals surface area (Å²) in [4.78, 5) is 3.88. The van der Waals surface area contributed by atoms with Gasteiger partial charge in [-0.05, 0) is 18.1 Å². The van der Waals surface area contributed by atoms with Gasteiger partial charge in [0, 0.05) is 14.5 Å². The summed E-state index contributed by atoms with van der Waals surface area (Å²) in [6.07, 6.45) is 0. The minimum atomic E-state index is -0.370. The third-order valence-corrected chi connectivity index (χ3v) is 3.38. The molecule has 0 fully saturated rings. The van der Waals surface area contributed by atoms with Crippen LogP contribution in [0.15, 0.2) is 18.2 Å². The Labute approximate surface area is 80.6 Å². The summed E-state index contributed by atoms with van der Waals surface area (Å²) < 4.78 is 12.8. The van der Waals surface area contributed by atoms with E-state index in [4.69, 9.17) is 0 Å². The fourth-order valence-electron chi connectivity index (χ4n) is 1.42. The van der Waals surface area contributed by atoms with Gasteiger partial charge in [0.15, 0.2) is 0 Å². The zero-order chi connectivity index (χ0) is 9.84. The average Bonchev–Trinajstić information content (AvgIpc) is 2.03. The van der Waals surface area contributed by atoms with Crippen LogP contribution in [0.3, 0.4) is 0 Å². The topological polar surface area (TPSA) is 12.9 Å². The Morgan fingerprint density at radius 3 is 2.69 bits per heavy atom. The van der Waals surface area contributed by atoms with E-state index in [0.717, 1.165) is 11.7 Å². The Morgan fingerprint density at radius 2 is 2.15 bits per heavy atom. The second kappa shape index (κ2) is 4.51. The lowest BCUT2D eigenvalue weighted by molar-refractivity contribution is 0.571. The first-order valence-electron chi connectivity index (χ1n) is 4.51. The van der Waals surface area contributed by atoms with Crippen LogP contribution in [0.25, 0.3) is 0 Å². The van der Waals surface area contributed by atoms with Crippen LogP contribution in [0, 0.1) is 5.95 Å². The van der Waals surface area contributed by atoms with E-state index in [2.05, 4.69) is 25.0 Å². The molecule has 0 saturated carbocycles. The maximum absolute atomic E-state index is 12.8. The molecule has 1 heterocycles. The normalized spacial score (nSPS) is 13.3. The molecule has 1 rings (SSSR count). The second-order valence-corrected chi connectivity index (χ2v) is 6.52. The molecule has 71 valence electrons. The van der Waals surface area contributed by atoms with E-state index in [-0.39, 0.29) is 14.7 Å². The lowest BCUT2D eigenvalue weighted by Gasteiger charge is -2.11. The van der Waals surface area contributed by atoms with Crippen molar-refractivity contribution in [2.24, 2.45) is 0 Å². The maximum Gasteiger partial charge on any atom is 0.213 e. The van der Waals surface area contributed by atoms with Gasteiger partial charge in [0.2, 0.25) is 5.95 Å². The first-order valence-corrected chi connectivity index (χ1v) is 7.22. The van der Waals surface area contributed by atoms with Gasteiger partial charge in [0.05, 0.1) is 0 Å². The van der Waals surface area contributed by atoms with E-state index in [0.29, 0.717) is 5.92 Å². The molecule has 1 radical (unpaired) electrons. The molecule has 0 aromatic carbocycles. The van der Waals surface area contributed by atoms with Crippen molar-refractivity contribution in [1.29, 1.82) is 0 Å². The first-order chi connectivity index (χ1) is 6.09. The van der Waals surface area contributed by atoms with E-state index in [1.165, 1.54) is 6.07 Å². The van der Waals surface area contributed by atoms with Crippen LogP contribution in [0.2, 0.25) is 19.1 Å². The van der Waals surface area contributed by atoms with E-state index in [9.17, 15) is 4.39 Å². The predicted molar refractivity (Wildman–Crippen MR) is 54.9 cm³/mol. The van der Waals surface area contributed by atoms with Gasteiger partial charge in [-0.3, -0.25) is 0 Å². The molecule has 0 saturated heterocycles. The molecule has 3 heteroatoms. The summed E-state index contributed by atoms with van der Waals surface area (Å²) in [6, 6.07) is 6.17. The minimum Gasteiger partial charge on any atom is -0.225 e. The summed E-state index contributed by atoms with van der Waals surface area (Å²) in [5.74, 6) is 0.0184. The Bertz CT molecular complexity index is 275. The van der Waals surface area contributed by atoms with Crippen molar-refractivity contribution in [2.45, 2.75) is 32.0 Å². The molecule has 0 aliphatic rings. The van der Waals surface area contributed by atoms with Crippen molar-refractivity contribution in [2.75, 3.05) is 0 Å². The summed E-state index contributed by atoms with van der Waals surface area (Å²) in [5, 5.41) is 0. The molecule has 1 nitrogen and oxygen atoms in total. The fraction of sp³-hybridized carbons (Fsp3) is 0.500. The molecular weight excluding hydrogens is 181 g/mol. The Balaban J connectivity index is 2.71. The molecule has 1 atom stereocenters. The second-order valence-electron chi connectivity index (χ2n) is 3.70.